The number of aryl methyl sites for hydroxylation is 1. The number of nitrogens with one attached hydrogen (secondary N) is 1. The maximum absolute atomic E-state index is 12.8. The minimum absolute atomic E-state index is 0.118. The van der Waals surface area contributed by atoms with Crippen LogP contribution in [0.1, 0.15) is 5.56 Å². The molecule has 0 bridgehead atoms. The highest BCUT2D eigenvalue weighted by Gasteiger charge is 2.30. The summed E-state index contributed by atoms with van der Waals surface area (Å²) in [4.78, 5) is 17.0. The van der Waals surface area contributed by atoms with Gasteiger partial charge in [-0.3, -0.25) is 4.79 Å². The monoisotopic (exact) mass is 407 g/mol. The molecular weight excluding hydrogens is 387 g/mol. The fraction of sp³-hybridized carbons (Fsp3) is 0.300. The molecule has 0 radical (unpaired) electrons. The van der Waals surface area contributed by atoms with Crippen LogP contribution in [0.2, 0.25) is 0 Å². The van der Waals surface area contributed by atoms with Gasteiger partial charge in [-0.1, -0.05) is 12.1 Å². The highest BCUT2D eigenvalue weighted by atomic mass is 19.4. The largest absolute Gasteiger partial charge is 0.416 e. The Bertz CT molecular complexity index is 1060. The normalized spacial score (nSPS) is 12.9. The third kappa shape index (κ3) is 4.41. The number of ether oxygens (including phenoxy) is 1. The van der Waals surface area contributed by atoms with Gasteiger partial charge in [0.05, 0.1) is 23.7 Å². The molecule has 0 spiro atoms. The van der Waals surface area contributed by atoms with E-state index in [4.69, 9.17) is 4.74 Å². The highest BCUT2D eigenvalue weighted by Crippen LogP contribution is 2.33. The number of hydrogen-bond acceptors (Lipinski definition) is 5. The summed E-state index contributed by atoms with van der Waals surface area (Å²) >= 11 is 0. The number of hydrogen-bond donors (Lipinski definition) is 2. The first-order chi connectivity index (χ1) is 13.7. The molecule has 0 saturated heterocycles. The SMILES string of the molecule is COC[C@H](O)CNc1ncc(-c2ccc(C(F)(F)F)cc2)c2ccn(C)c(=O)c12. The van der Waals surface area contributed by atoms with Gasteiger partial charge in [0.1, 0.15) is 5.82 Å². The van der Waals surface area contributed by atoms with Crippen LogP contribution in [0.4, 0.5) is 19.0 Å². The van der Waals surface area contributed by atoms with Crippen LogP contribution >= 0.6 is 0 Å². The number of fused-ring (bicyclic) bond motifs is 1. The van der Waals surface area contributed by atoms with Crippen LogP contribution in [0.3, 0.4) is 0 Å². The lowest BCUT2D eigenvalue weighted by molar-refractivity contribution is -0.137. The Hall–Kier alpha value is -2.91. The summed E-state index contributed by atoms with van der Waals surface area (Å²) in [5, 5.41) is 13.6. The van der Waals surface area contributed by atoms with E-state index in [0.717, 1.165) is 12.1 Å². The molecule has 0 aliphatic carbocycles. The van der Waals surface area contributed by atoms with E-state index in [1.54, 1.807) is 19.3 Å². The first-order valence-electron chi connectivity index (χ1n) is 8.79. The molecule has 0 aliphatic rings. The molecule has 154 valence electrons. The molecule has 3 aromatic rings. The molecule has 0 saturated carbocycles. The van der Waals surface area contributed by atoms with Crippen molar-refractivity contribution in [3.05, 3.63) is 58.6 Å². The average Bonchev–Trinajstić information content (AvgIpc) is 2.68. The number of alkyl halides is 3. The second-order valence-corrected chi connectivity index (χ2v) is 6.61. The molecule has 0 amide bonds. The lowest BCUT2D eigenvalue weighted by Gasteiger charge is -2.15. The molecule has 2 heterocycles. The van der Waals surface area contributed by atoms with Gasteiger partial charge in [0.2, 0.25) is 0 Å². The fourth-order valence-electron chi connectivity index (χ4n) is 3.01. The number of aromatic nitrogens is 2. The molecule has 2 aromatic heterocycles. The second kappa shape index (κ2) is 8.22. The molecule has 0 fully saturated rings. The van der Waals surface area contributed by atoms with Crippen molar-refractivity contribution >= 4 is 16.6 Å². The van der Waals surface area contributed by atoms with E-state index in [1.165, 1.54) is 30.0 Å². The van der Waals surface area contributed by atoms with Crippen molar-refractivity contribution in [3.63, 3.8) is 0 Å². The minimum Gasteiger partial charge on any atom is -0.389 e. The smallest absolute Gasteiger partial charge is 0.389 e. The molecule has 6 nitrogen and oxygen atoms in total. The molecule has 9 heteroatoms. The van der Waals surface area contributed by atoms with Crippen LogP contribution in [-0.4, -0.2) is 41.0 Å². The van der Waals surface area contributed by atoms with Crippen LogP contribution in [0.5, 0.6) is 0 Å². The average molecular weight is 407 g/mol. The number of pyridine rings is 2. The van der Waals surface area contributed by atoms with Crippen molar-refractivity contribution in [2.45, 2.75) is 12.3 Å². The van der Waals surface area contributed by atoms with Gasteiger partial charge >= 0.3 is 6.18 Å². The van der Waals surface area contributed by atoms with Crippen molar-refractivity contribution in [1.82, 2.24) is 9.55 Å². The van der Waals surface area contributed by atoms with E-state index >= 15 is 0 Å². The van der Waals surface area contributed by atoms with Crippen LogP contribution in [0.15, 0.2) is 47.5 Å². The zero-order valence-electron chi connectivity index (χ0n) is 15.8. The Labute approximate surface area is 164 Å². The molecule has 2 N–H and O–H groups in total. The van der Waals surface area contributed by atoms with Gasteiger partial charge in [-0.25, -0.2) is 4.98 Å². The summed E-state index contributed by atoms with van der Waals surface area (Å²) in [5.74, 6) is 0.284. The van der Waals surface area contributed by atoms with E-state index < -0.39 is 17.8 Å². The Morgan fingerprint density at radius 2 is 1.93 bits per heavy atom. The number of nitrogens with zero attached hydrogens (tertiary/aromatic N) is 2. The molecule has 0 aliphatic heterocycles. The summed E-state index contributed by atoms with van der Waals surface area (Å²) in [6.07, 6.45) is -2.14. The lowest BCUT2D eigenvalue weighted by atomic mass is 10.00. The number of benzene rings is 1. The number of aliphatic hydroxyl groups excluding tert-OH is 1. The van der Waals surface area contributed by atoms with E-state index in [-0.39, 0.29) is 29.9 Å². The molecule has 1 aromatic carbocycles. The first kappa shape index (κ1) is 20.8. The number of aliphatic hydroxyl groups is 1. The Kier molecular flexibility index (Phi) is 5.90. The summed E-state index contributed by atoms with van der Waals surface area (Å²) < 4.78 is 44.8. The third-order valence-corrected chi connectivity index (χ3v) is 4.51. The molecule has 29 heavy (non-hydrogen) atoms. The molecule has 3 rings (SSSR count). The quantitative estimate of drug-likeness (QED) is 0.657. The van der Waals surface area contributed by atoms with Gasteiger partial charge < -0.3 is 19.7 Å². The fourth-order valence-corrected chi connectivity index (χ4v) is 3.01. The number of methoxy groups -OCH3 is 1. The Morgan fingerprint density at radius 3 is 2.55 bits per heavy atom. The topological polar surface area (TPSA) is 76.4 Å². The first-order valence-corrected chi connectivity index (χ1v) is 8.79. The Balaban J connectivity index is 2.08. The predicted octanol–water partition coefficient (Wildman–Crippen LogP) is 3.04. The predicted molar refractivity (Wildman–Crippen MR) is 104 cm³/mol. The van der Waals surface area contributed by atoms with E-state index in [1.807, 2.05) is 0 Å². The van der Waals surface area contributed by atoms with Crippen LogP contribution in [0.25, 0.3) is 21.9 Å². The van der Waals surface area contributed by atoms with Gasteiger partial charge in [-0.15, -0.1) is 0 Å². The summed E-state index contributed by atoms with van der Waals surface area (Å²) in [5.41, 5.74) is -0.0172. The van der Waals surface area contributed by atoms with Gasteiger partial charge in [0, 0.05) is 44.0 Å². The van der Waals surface area contributed by atoms with E-state index in [0.29, 0.717) is 16.5 Å². The van der Waals surface area contributed by atoms with Crippen LogP contribution < -0.4 is 10.9 Å². The van der Waals surface area contributed by atoms with Crippen LogP contribution in [0, 0.1) is 0 Å². The van der Waals surface area contributed by atoms with Gasteiger partial charge in [0.25, 0.3) is 5.56 Å². The number of rotatable bonds is 6. The maximum Gasteiger partial charge on any atom is 0.416 e. The summed E-state index contributed by atoms with van der Waals surface area (Å²) in [7, 11) is 3.06. The minimum atomic E-state index is -4.42. The summed E-state index contributed by atoms with van der Waals surface area (Å²) in [6, 6.07) is 6.41. The summed E-state index contributed by atoms with van der Waals surface area (Å²) in [6.45, 7) is 0.236. The van der Waals surface area contributed by atoms with E-state index in [2.05, 4.69) is 10.3 Å². The van der Waals surface area contributed by atoms with Crippen molar-refractivity contribution < 1.29 is 23.0 Å². The number of anilines is 1. The van der Waals surface area contributed by atoms with Gasteiger partial charge in [-0.05, 0) is 23.8 Å². The molecular formula is C20H20F3N3O3. The maximum atomic E-state index is 12.8. The van der Waals surface area contributed by atoms with Crippen molar-refractivity contribution in [2.24, 2.45) is 7.05 Å². The standard InChI is InChI=1S/C20H20F3N3O3/c1-26-8-7-15-16(12-3-5-13(6-4-12)20(21,22)23)10-25-18(17(15)19(26)28)24-9-14(27)11-29-2/h3-8,10,14,27H,9,11H2,1-2H3,(H,24,25)/t14-/m1/s1. The number of halogens is 3. The molecule has 1 atom stereocenters. The van der Waals surface area contributed by atoms with E-state index in [9.17, 15) is 23.1 Å². The third-order valence-electron chi connectivity index (χ3n) is 4.51. The van der Waals surface area contributed by atoms with Crippen LogP contribution in [-0.2, 0) is 18.0 Å². The zero-order valence-corrected chi connectivity index (χ0v) is 15.8. The van der Waals surface area contributed by atoms with Gasteiger partial charge in [0.15, 0.2) is 0 Å². The molecule has 0 unspecified atom stereocenters. The zero-order chi connectivity index (χ0) is 21.2. The lowest BCUT2D eigenvalue weighted by Crippen LogP contribution is -2.26. The van der Waals surface area contributed by atoms with Crippen molar-refractivity contribution in [3.8, 4) is 11.1 Å². The Morgan fingerprint density at radius 1 is 1.24 bits per heavy atom. The van der Waals surface area contributed by atoms with Crippen molar-refractivity contribution in [1.29, 1.82) is 0 Å². The van der Waals surface area contributed by atoms with Crippen molar-refractivity contribution in [2.75, 3.05) is 25.6 Å². The van der Waals surface area contributed by atoms with Gasteiger partial charge in [-0.2, -0.15) is 13.2 Å². The second-order valence-electron chi connectivity index (χ2n) is 6.61. The highest BCUT2D eigenvalue weighted by molar-refractivity contribution is 6.01.